The standard InChI is InChI=1S/C23H20N4OS/c1-14-2-11-21(29-17-7-5-16(28)6-8-17)20(12-14)27-23-18-9-10-19(15-3-4-15)26-22(18)24-13-25-23/h2,5-13,15,28H,3-4H2,1H3,(H,24,25,26,27). The molecular formula is C23H20N4OS. The quantitative estimate of drug-likeness (QED) is 0.440. The van der Waals surface area contributed by atoms with Gasteiger partial charge in [-0.05, 0) is 73.9 Å². The molecule has 0 amide bonds. The summed E-state index contributed by atoms with van der Waals surface area (Å²) in [5, 5.41) is 13.9. The first-order chi connectivity index (χ1) is 14.2. The number of phenols is 1. The molecule has 1 aliphatic rings. The molecule has 0 atom stereocenters. The van der Waals surface area contributed by atoms with Crippen molar-refractivity contribution >= 4 is 34.3 Å². The van der Waals surface area contributed by atoms with Gasteiger partial charge in [-0.25, -0.2) is 15.0 Å². The monoisotopic (exact) mass is 400 g/mol. The number of nitrogens with one attached hydrogen (secondary N) is 1. The van der Waals surface area contributed by atoms with Crippen molar-refractivity contribution in [1.29, 1.82) is 0 Å². The maximum atomic E-state index is 9.53. The molecule has 0 unspecified atom stereocenters. The van der Waals surface area contributed by atoms with Crippen molar-refractivity contribution in [1.82, 2.24) is 15.0 Å². The summed E-state index contributed by atoms with van der Waals surface area (Å²) < 4.78 is 0. The van der Waals surface area contributed by atoms with Crippen molar-refractivity contribution in [2.75, 3.05) is 5.32 Å². The van der Waals surface area contributed by atoms with E-state index in [4.69, 9.17) is 4.98 Å². The van der Waals surface area contributed by atoms with E-state index in [1.807, 2.05) is 12.1 Å². The van der Waals surface area contributed by atoms with Crippen molar-refractivity contribution in [3.63, 3.8) is 0 Å². The number of pyridine rings is 1. The first kappa shape index (κ1) is 17.9. The average Bonchev–Trinajstić information content (AvgIpc) is 3.57. The van der Waals surface area contributed by atoms with Gasteiger partial charge in [0, 0.05) is 21.4 Å². The first-order valence-electron chi connectivity index (χ1n) is 9.62. The molecule has 1 fully saturated rings. The van der Waals surface area contributed by atoms with Crippen molar-refractivity contribution in [3.05, 3.63) is 72.2 Å². The Balaban J connectivity index is 1.49. The van der Waals surface area contributed by atoms with Gasteiger partial charge in [0.25, 0.3) is 0 Å². The molecule has 0 radical (unpaired) electrons. The molecule has 0 spiro atoms. The lowest BCUT2D eigenvalue weighted by Gasteiger charge is -2.14. The van der Waals surface area contributed by atoms with E-state index in [0.717, 1.165) is 43.6 Å². The first-order valence-corrected chi connectivity index (χ1v) is 10.4. The third-order valence-electron chi connectivity index (χ3n) is 4.97. The van der Waals surface area contributed by atoms with Gasteiger partial charge in [-0.3, -0.25) is 0 Å². The van der Waals surface area contributed by atoms with Gasteiger partial charge < -0.3 is 10.4 Å². The summed E-state index contributed by atoms with van der Waals surface area (Å²) in [5.41, 5.74) is 4.00. The largest absolute Gasteiger partial charge is 0.508 e. The van der Waals surface area contributed by atoms with Gasteiger partial charge in [0.2, 0.25) is 0 Å². The Hall–Kier alpha value is -3.12. The van der Waals surface area contributed by atoms with Gasteiger partial charge in [0.15, 0.2) is 5.65 Å². The highest BCUT2D eigenvalue weighted by atomic mass is 32.2. The number of nitrogens with zero attached hydrogens (tertiary/aromatic N) is 3. The second kappa shape index (κ2) is 7.37. The van der Waals surface area contributed by atoms with E-state index < -0.39 is 0 Å². The molecule has 6 heteroatoms. The summed E-state index contributed by atoms with van der Waals surface area (Å²) in [6.07, 6.45) is 4.00. The van der Waals surface area contributed by atoms with Gasteiger partial charge in [0.1, 0.15) is 17.9 Å². The average molecular weight is 401 g/mol. The number of benzene rings is 2. The van der Waals surface area contributed by atoms with Gasteiger partial charge in [-0.15, -0.1) is 0 Å². The number of aromatic hydroxyl groups is 1. The summed E-state index contributed by atoms with van der Waals surface area (Å²) in [5.74, 6) is 1.61. The van der Waals surface area contributed by atoms with E-state index in [1.165, 1.54) is 12.8 Å². The number of rotatable bonds is 5. The molecule has 4 aromatic rings. The SMILES string of the molecule is Cc1ccc(Sc2ccc(O)cc2)c(Nc2ncnc3nc(C4CC4)ccc23)c1. The lowest BCUT2D eigenvalue weighted by molar-refractivity contribution is 0.475. The number of aryl methyl sites for hydroxylation is 1. The number of hydrogen-bond donors (Lipinski definition) is 2. The Morgan fingerprint density at radius 2 is 1.83 bits per heavy atom. The van der Waals surface area contributed by atoms with Crippen LogP contribution in [0.4, 0.5) is 11.5 Å². The lowest BCUT2D eigenvalue weighted by Crippen LogP contribution is -2.00. The van der Waals surface area contributed by atoms with Crippen molar-refractivity contribution < 1.29 is 5.11 Å². The number of fused-ring (bicyclic) bond motifs is 1. The van der Waals surface area contributed by atoms with E-state index in [-0.39, 0.29) is 5.75 Å². The maximum Gasteiger partial charge on any atom is 0.164 e. The van der Waals surface area contributed by atoms with Crippen LogP contribution in [0.5, 0.6) is 5.75 Å². The van der Waals surface area contributed by atoms with Crippen LogP contribution in [0, 0.1) is 6.92 Å². The van der Waals surface area contributed by atoms with Crippen LogP contribution in [0.15, 0.2) is 70.7 Å². The van der Waals surface area contributed by atoms with Crippen LogP contribution in [-0.2, 0) is 0 Å². The topological polar surface area (TPSA) is 70.9 Å². The van der Waals surface area contributed by atoms with Crippen LogP contribution in [0.25, 0.3) is 11.0 Å². The molecule has 0 bridgehead atoms. The Kier molecular flexibility index (Phi) is 4.56. The number of anilines is 2. The molecule has 1 aliphatic carbocycles. The minimum Gasteiger partial charge on any atom is -0.508 e. The second-order valence-corrected chi connectivity index (χ2v) is 8.44. The Labute approximate surface area is 173 Å². The third kappa shape index (κ3) is 3.89. The normalized spacial score (nSPS) is 13.6. The summed E-state index contributed by atoms with van der Waals surface area (Å²) in [6.45, 7) is 2.07. The van der Waals surface area contributed by atoms with Crippen LogP contribution in [0.1, 0.15) is 30.0 Å². The Bertz CT molecular complexity index is 1190. The highest BCUT2D eigenvalue weighted by molar-refractivity contribution is 7.99. The molecule has 0 saturated heterocycles. The molecule has 2 aromatic heterocycles. The molecule has 2 heterocycles. The van der Waals surface area contributed by atoms with Crippen molar-refractivity contribution in [2.45, 2.75) is 35.5 Å². The predicted molar refractivity (Wildman–Crippen MR) is 116 cm³/mol. The molecule has 2 aromatic carbocycles. The zero-order chi connectivity index (χ0) is 19.8. The Morgan fingerprint density at radius 3 is 2.62 bits per heavy atom. The summed E-state index contributed by atoms with van der Waals surface area (Å²) in [4.78, 5) is 15.7. The molecule has 144 valence electrons. The van der Waals surface area contributed by atoms with Crippen LogP contribution >= 0.6 is 11.8 Å². The van der Waals surface area contributed by atoms with E-state index in [1.54, 1.807) is 30.2 Å². The van der Waals surface area contributed by atoms with Gasteiger partial charge >= 0.3 is 0 Å². The number of hydrogen-bond acceptors (Lipinski definition) is 6. The molecule has 0 aliphatic heterocycles. The molecule has 5 rings (SSSR count). The maximum absolute atomic E-state index is 9.53. The molecule has 5 nitrogen and oxygen atoms in total. The smallest absolute Gasteiger partial charge is 0.164 e. The minimum absolute atomic E-state index is 0.266. The van der Waals surface area contributed by atoms with Crippen molar-refractivity contribution in [3.8, 4) is 5.75 Å². The van der Waals surface area contributed by atoms with E-state index in [9.17, 15) is 5.11 Å². The van der Waals surface area contributed by atoms with Crippen LogP contribution < -0.4 is 5.32 Å². The fourth-order valence-corrected chi connectivity index (χ4v) is 4.14. The highest BCUT2D eigenvalue weighted by Gasteiger charge is 2.25. The molecule has 2 N–H and O–H groups in total. The van der Waals surface area contributed by atoms with E-state index in [2.05, 4.69) is 52.5 Å². The van der Waals surface area contributed by atoms with E-state index in [0.29, 0.717) is 5.92 Å². The van der Waals surface area contributed by atoms with Gasteiger partial charge in [-0.1, -0.05) is 17.8 Å². The second-order valence-electron chi connectivity index (χ2n) is 7.32. The number of phenolic OH excluding ortho intramolecular Hbond substituents is 1. The van der Waals surface area contributed by atoms with Crippen LogP contribution in [-0.4, -0.2) is 20.1 Å². The van der Waals surface area contributed by atoms with Crippen LogP contribution in [0.3, 0.4) is 0 Å². The number of aromatic nitrogens is 3. The zero-order valence-electron chi connectivity index (χ0n) is 16.0. The van der Waals surface area contributed by atoms with Gasteiger partial charge in [-0.2, -0.15) is 0 Å². The summed E-state index contributed by atoms with van der Waals surface area (Å²) in [7, 11) is 0. The zero-order valence-corrected chi connectivity index (χ0v) is 16.8. The van der Waals surface area contributed by atoms with E-state index >= 15 is 0 Å². The summed E-state index contributed by atoms with van der Waals surface area (Å²) >= 11 is 1.64. The minimum atomic E-state index is 0.266. The molecule has 1 saturated carbocycles. The third-order valence-corrected chi connectivity index (χ3v) is 6.05. The molecule has 29 heavy (non-hydrogen) atoms. The predicted octanol–water partition coefficient (Wildman–Crippen LogP) is 5.81. The summed E-state index contributed by atoms with van der Waals surface area (Å²) in [6, 6.07) is 17.7. The van der Waals surface area contributed by atoms with Gasteiger partial charge in [0.05, 0.1) is 11.1 Å². The fourth-order valence-electron chi connectivity index (χ4n) is 3.26. The van der Waals surface area contributed by atoms with Crippen LogP contribution in [0.2, 0.25) is 0 Å². The lowest BCUT2D eigenvalue weighted by atomic mass is 10.2. The molecular weight excluding hydrogens is 380 g/mol. The van der Waals surface area contributed by atoms with Crippen molar-refractivity contribution in [2.24, 2.45) is 0 Å². The highest BCUT2D eigenvalue weighted by Crippen LogP contribution is 2.40. The fraction of sp³-hybridized carbons (Fsp3) is 0.174. The Morgan fingerprint density at radius 1 is 1.00 bits per heavy atom.